The van der Waals surface area contributed by atoms with Gasteiger partial charge in [0.2, 0.25) is 0 Å². The van der Waals surface area contributed by atoms with Gasteiger partial charge in [0.15, 0.2) is 0 Å². The third kappa shape index (κ3) is 2.59. The second-order valence-electron chi connectivity index (χ2n) is 4.44. The molecule has 1 aliphatic carbocycles. The minimum absolute atomic E-state index is 0.0561. The van der Waals surface area contributed by atoms with Gasteiger partial charge in [-0.1, -0.05) is 13.0 Å². The Labute approximate surface area is 94.9 Å². The zero-order chi connectivity index (χ0) is 11.5. The second kappa shape index (κ2) is 4.91. The average Bonchev–Trinajstić information content (AvgIpc) is 3.05. The molecule has 0 heterocycles. The summed E-state index contributed by atoms with van der Waals surface area (Å²) in [5, 5.41) is 3.35. The fraction of sp³-hybridized carbons (Fsp3) is 0.538. The lowest BCUT2D eigenvalue weighted by Crippen LogP contribution is -2.24. The Bertz CT molecular complexity index is 361. The fourth-order valence-corrected chi connectivity index (χ4v) is 2.01. The molecule has 1 N–H and O–H groups in total. The first-order valence-corrected chi connectivity index (χ1v) is 5.90. The van der Waals surface area contributed by atoms with Crippen molar-refractivity contribution in [2.75, 3.05) is 6.54 Å². The molecule has 0 radical (unpaired) electrons. The van der Waals surface area contributed by atoms with Crippen LogP contribution < -0.4 is 5.32 Å². The van der Waals surface area contributed by atoms with Crippen LogP contribution in [0, 0.1) is 17.6 Å². The van der Waals surface area contributed by atoms with Gasteiger partial charge in [0.1, 0.15) is 11.6 Å². The van der Waals surface area contributed by atoms with Crippen LogP contribution in [0.15, 0.2) is 18.2 Å². The Kier molecular flexibility index (Phi) is 3.54. The summed E-state index contributed by atoms with van der Waals surface area (Å²) < 4.78 is 26.5. The Morgan fingerprint density at radius 1 is 1.38 bits per heavy atom. The molecule has 0 saturated heterocycles. The number of hydrogen-bond donors (Lipinski definition) is 1. The largest absolute Gasteiger partial charge is 0.310 e. The number of nitrogens with one attached hydrogen (secondary N) is 1. The summed E-state index contributed by atoms with van der Waals surface area (Å²) in [6.45, 7) is 2.95. The van der Waals surface area contributed by atoms with E-state index in [0.29, 0.717) is 11.5 Å². The smallest absolute Gasteiger partial charge is 0.130 e. The summed E-state index contributed by atoms with van der Waals surface area (Å²) in [6, 6.07) is 3.93. The van der Waals surface area contributed by atoms with Crippen molar-refractivity contribution in [1.29, 1.82) is 0 Å². The van der Waals surface area contributed by atoms with Crippen molar-refractivity contribution in [3.05, 3.63) is 35.4 Å². The third-order valence-corrected chi connectivity index (χ3v) is 3.01. The van der Waals surface area contributed by atoms with Crippen LogP contribution in [0.5, 0.6) is 0 Å². The lowest BCUT2D eigenvalue weighted by Gasteiger charge is -2.19. The minimum Gasteiger partial charge on any atom is -0.310 e. The molecule has 0 aliphatic heterocycles. The standard InChI is InChI=1S/C13H17F2N/c1-2-7-16-13(9-3-4-9)11-6-5-10(14)8-12(11)15/h5-6,8-9,13,16H,2-4,7H2,1H3. The molecule has 0 bridgehead atoms. The topological polar surface area (TPSA) is 12.0 Å². The van der Waals surface area contributed by atoms with E-state index in [9.17, 15) is 8.78 Å². The van der Waals surface area contributed by atoms with Crippen LogP contribution in [0.4, 0.5) is 8.78 Å². The highest BCUT2D eigenvalue weighted by molar-refractivity contribution is 5.24. The Morgan fingerprint density at radius 3 is 2.69 bits per heavy atom. The van der Waals surface area contributed by atoms with Crippen molar-refractivity contribution in [2.24, 2.45) is 5.92 Å². The van der Waals surface area contributed by atoms with Crippen molar-refractivity contribution in [2.45, 2.75) is 32.2 Å². The molecule has 3 heteroatoms. The van der Waals surface area contributed by atoms with Gasteiger partial charge in [0, 0.05) is 17.7 Å². The highest BCUT2D eigenvalue weighted by Gasteiger charge is 2.33. The summed E-state index contributed by atoms with van der Waals surface area (Å²) in [5.74, 6) is -0.418. The molecule has 1 fully saturated rings. The minimum atomic E-state index is -0.508. The van der Waals surface area contributed by atoms with Gasteiger partial charge >= 0.3 is 0 Å². The molecule has 0 amide bonds. The molecule has 1 nitrogen and oxygen atoms in total. The molecule has 16 heavy (non-hydrogen) atoms. The van der Waals surface area contributed by atoms with Crippen LogP contribution in [0.3, 0.4) is 0 Å². The average molecular weight is 225 g/mol. The fourth-order valence-electron chi connectivity index (χ4n) is 2.01. The maximum absolute atomic E-state index is 13.6. The molecular weight excluding hydrogens is 208 g/mol. The van der Waals surface area contributed by atoms with Crippen molar-refractivity contribution in [1.82, 2.24) is 5.32 Å². The molecule has 2 rings (SSSR count). The quantitative estimate of drug-likeness (QED) is 0.809. The third-order valence-electron chi connectivity index (χ3n) is 3.01. The second-order valence-corrected chi connectivity index (χ2v) is 4.44. The highest BCUT2D eigenvalue weighted by Crippen LogP contribution is 2.41. The van der Waals surface area contributed by atoms with Gasteiger partial charge < -0.3 is 5.32 Å². The SMILES string of the molecule is CCCNC(c1ccc(F)cc1F)C1CC1. The summed E-state index contributed by atoms with van der Waals surface area (Å²) in [4.78, 5) is 0. The van der Waals surface area contributed by atoms with Crippen molar-refractivity contribution in [3.8, 4) is 0 Å². The molecule has 1 aromatic carbocycles. The lowest BCUT2D eigenvalue weighted by molar-refractivity contribution is 0.454. The molecule has 0 spiro atoms. The van der Waals surface area contributed by atoms with Gasteiger partial charge in [-0.2, -0.15) is 0 Å². The molecule has 1 atom stereocenters. The van der Waals surface area contributed by atoms with Crippen LogP contribution in [0.2, 0.25) is 0 Å². The van der Waals surface area contributed by atoms with E-state index in [2.05, 4.69) is 12.2 Å². The Hall–Kier alpha value is -0.960. The van der Waals surface area contributed by atoms with Crippen LogP contribution >= 0.6 is 0 Å². The first kappa shape index (κ1) is 11.5. The van der Waals surface area contributed by atoms with Gasteiger partial charge in [-0.3, -0.25) is 0 Å². The van der Waals surface area contributed by atoms with Gasteiger partial charge in [-0.25, -0.2) is 8.78 Å². The zero-order valence-corrected chi connectivity index (χ0v) is 9.47. The first-order valence-electron chi connectivity index (χ1n) is 5.90. The molecule has 1 aliphatic rings. The number of rotatable bonds is 5. The van der Waals surface area contributed by atoms with Gasteiger partial charge in [0.05, 0.1) is 0 Å². The zero-order valence-electron chi connectivity index (χ0n) is 9.47. The summed E-state index contributed by atoms with van der Waals surface area (Å²) in [5.41, 5.74) is 0.609. The molecular formula is C13H17F2N. The predicted molar refractivity (Wildman–Crippen MR) is 60.1 cm³/mol. The van der Waals surface area contributed by atoms with Crippen LogP contribution in [-0.4, -0.2) is 6.54 Å². The number of hydrogen-bond acceptors (Lipinski definition) is 1. The number of benzene rings is 1. The maximum Gasteiger partial charge on any atom is 0.130 e. The van der Waals surface area contributed by atoms with E-state index >= 15 is 0 Å². The molecule has 1 aromatic rings. The van der Waals surface area contributed by atoms with Crippen LogP contribution in [0.25, 0.3) is 0 Å². The number of halogens is 2. The van der Waals surface area contributed by atoms with E-state index in [1.54, 1.807) is 6.07 Å². The van der Waals surface area contributed by atoms with E-state index in [1.807, 2.05) is 0 Å². The van der Waals surface area contributed by atoms with Gasteiger partial charge in [0.25, 0.3) is 0 Å². The molecule has 1 unspecified atom stereocenters. The van der Waals surface area contributed by atoms with Crippen molar-refractivity contribution in [3.63, 3.8) is 0 Å². The molecule has 0 aromatic heterocycles. The van der Waals surface area contributed by atoms with Crippen LogP contribution in [0.1, 0.15) is 37.8 Å². The first-order chi connectivity index (χ1) is 7.72. The maximum atomic E-state index is 13.6. The van der Waals surface area contributed by atoms with Crippen molar-refractivity contribution >= 4 is 0 Å². The lowest BCUT2D eigenvalue weighted by atomic mass is 10.0. The van der Waals surface area contributed by atoms with E-state index in [1.165, 1.54) is 6.07 Å². The van der Waals surface area contributed by atoms with Gasteiger partial charge in [-0.15, -0.1) is 0 Å². The van der Waals surface area contributed by atoms with Gasteiger partial charge in [-0.05, 0) is 37.8 Å². The predicted octanol–water partition coefficient (Wildman–Crippen LogP) is 3.42. The monoisotopic (exact) mass is 225 g/mol. The normalized spacial score (nSPS) is 17.4. The molecule has 88 valence electrons. The summed E-state index contributed by atoms with van der Waals surface area (Å²) in [7, 11) is 0. The summed E-state index contributed by atoms with van der Waals surface area (Å²) in [6.07, 6.45) is 3.29. The van der Waals surface area contributed by atoms with E-state index < -0.39 is 11.6 Å². The summed E-state index contributed by atoms with van der Waals surface area (Å²) >= 11 is 0. The van der Waals surface area contributed by atoms with E-state index in [4.69, 9.17) is 0 Å². The Balaban J connectivity index is 2.17. The van der Waals surface area contributed by atoms with Crippen LogP contribution in [-0.2, 0) is 0 Å². The Morgan fingerprint density at radius 2 is 2.12 bits per heavy atom. The van der Waals surface area contributed by atoms with E-state index in [0.717, 1.165) is 31.9 Å². The van der Waals surface area contributed by atoms with Crippen molar-refractivity contribution < 1.29 is 8.78 Å². The highest BCUT2D eigenvalue weighted by atomic mass is 19.1. The molecule has 1 saturated carbocycles. The van der Waals surface area contributed by atoms with E-state index in [-0.39, 0.29) is 6.04 Å².